The van der Waals surface area contributed by atoms with Crippen LogP contribution in [-0.4, -0.2) is 74.9 Å². The van der Waals surface area contributed by atoms with Crippen molar-refractivity contribution in [1.82, 2.24) is 9.55 Å². The zero-order chi connectivity index (χ0) is 27.2. The van der Waals surface area contributed by atoms with E-state index in [4.69, 9.17) is 63.2 Å². The Hall–Kier alpha value is -2.61. The highest BCUT2D eigenvalue weighted by Gasteiger charge is 2.53. The number of hydrogen-bond donors (Lipinski definition) is 0. The SMILES string of the molecule is CCOc1ccn(C2OC(COC(=O)C(Cl)(Cl)Cl)C(OC(C)=O)C(OC(C)=O)C2OC(C)=O)c(=O)n1. The van der Waals surface area contributed by atoms with Crippen molar-refractivity contribution in [3.8, 4) is 5.88 Å². The van der Waals surface area contributed by atoms with Gasteiger partial charge in [-0.15, -0.1) is 0 Å². The first kappa shape index (κ1) is 29.6. The van der Waals surface area contributed by atoms with Crippen molar-refractivity contribution in [2.45, 2.75) is 62.1 Å². The minimum absolute atomic E-state index is 0.0149. The summed E-state index contributed by atoms with van der Waals surface area (Å²) >= 11 is 16.6. The van der Waals surface area contributed by atoms with Gasteiger partial charge >= 0.3 is 29.6 Å². The second kappa shape index (κ2) is 12.6. The van der Waals surface area contributed by atoms with Crippen molar-refractivity contribution in [2.75, 3.05) is 13.2 Å². The number of alkyl halides is 3. The van der Waals surface area contributed by atoms with Crippen molar-refractivity contribution in [2.24, 2.45) is 0 Å². The number of hydrogen-bond acceptors (Lipinski definition) is 12. The molecule has 200 valence electrons. The van der Waals surface area contributed by atoms with E-state index in [1.54, 1.807) is 6.92 Å². The molecule has 1 aromatic rings. The van der Waals surface area contributed by atoms with Gasteiger partial charge in [0.05, 0.1) is 6.61 Å². The lowest BCUT2D eigenvalue weighted by molar-refractivity contribution is -0.269. The first-order chi connectivity index (χ1) is 16.7. The first-order valence-corrected chi connectivity index (χ1v) is 11.5. The largest absolute Gasteiger partial charge is 0.478 e. The molecule has 0 saturated carbocycles. The van der Waals surface area contributed by atoms with E-state index in [2.05, 4.69) is 4.98 Å². The van der Waals surface area contributed by atoms with Crippen molar-refractivity contribution >= 4 is 58.7 Å². The molecular formula is C20H23Cl3N2O11. The molecule has 0 aromatic carbocycles. The fourth-order valence-electron chi connectivity index (χ4n) is 3.29. The van der Waals surface area contributed by atoms with E-state index < -0.39 is 70.6 Å². The van der Waals surface area contributed by atoms with E-state index in [1.165, 1.54) is 12.3 Å². The summed E-state index contributed by atoms with van der Waals surface area (Å²) in [6.07, 6.45) is -6.12. The number of esters is 4. The van der Waals surface area contributed by atoms with Crippen LogP contribution in [0.3, 0.4) is 0 Å². The molecule has 1 aromatic heterocycles. The molecule has 1 fully saturated rings. The van der Waals surface area contributed by atoms with Gasteiger partial charge in [-0.3, -0.25) is 19.0 Å². The third kappa shape index (κ3) is 7.95. The highest BCUT2D eigenvalue weighted by atomic mass is 35.6. The number of carbonyl (C=O) groups is 4. The predicted octanol–water partition coefficient (Wildman–Crippen LogP) is 1.25. The monoisotopic (exact) mass is 572 g/mol. The van der Waals surface area contributed by atoms with Crippen molar-refractivity contribution < 1.29 is 47.6 Å². The number of nitrogens with zero attached hydrogens (tertiary/aromatic N) is 2. The summed E-state index contributed by atoms with van der Waals surface area (Å²) < 4.78 is 30.5. The van der Waals surface area contributed by atoms with Gasteiger partial charge < -0.3 is 28.4 Å². The molecule has 2 rings (SSSR count). The third-order valence-electron chi connectivity index (χ3n) is 4.50. The standard InChI is InChI=1S/C20H23Cl3N2O11/c1-5-31-13-6-7-25(19(30)24-13)17-16(35-11(4)28)15(34-10(3)27)14(33-9(2)26)12(36-17)8-32-18(29)20(21,22)23/h6-7,12,14-17H,5,8H2,1-4H3. The van der Waals surface area contributed by atoms with Crippen molar-refractivity contribution in [3.05, 3.63) is 22.7 Å². The van der Waals surface area contributed by atoms with Gasteiger partial charge in [0.2, 0.25) is 5.88 Å². The molecular weight excluding hydrogens is 551 g/mol. The normalized spacial score (nSPS) is 23.8. The van der Waals surface area contributed by atoms with Gasteiger partial charge in [0.1, 0.15) is 12.7 Å². The molecule has 0 aliphatic carbocycles. The third-order valence-corrected chi connectivity index (χ3v) is 4.96. The molecule has 1 aliphatic heterocycles. The van der Waals surface area contributed by atoms with E-state index in [0.29, 0.717) is 0 Å². The molecule has 2 heterocycles. The van der Waals surface area contributed by atoms with Crippen LogP contribution < -0.4 is 10.4 Å². The van der Waals surface area contributed by atoms with Crippen LogP contribution >= 0.6 is 34.8 Å². The first-order valence-electron chi connectivity index (χ1n) is 10.4. The van der Waals surface area contributed by atoms with Gasteiger partial charge in [0, 0.05) is 33.0 Å². The van der Waals surface area contributed by atoms with Crippen LogP contribution in [-0.2, 0) is 42.9 Å². The minimum Gasteiger partial charge on any atom is -0.478 e. The second-order valence-electron chi connectivity index (χ2n) is 7.27. The van der Waals surface area contributed by atoms with Crippen LogP contribution in [0.5, 0.6) is 5.88 Å². The van der Waals surface area contributed by atoms with Gasteiger partial charge in [-0.05, 0) is 6.92 Å². The fraction of sp³-hybridized carbons (Fsp3) is 0.600. The Kier molecular flexibility index (Phi) is 10.3. The van der Waals surface area contributed by atoms with Crippen LogP contribution in [0.4, 0.5) is 0 Å². The van der Waals surface area contributed by atoms with E-state index >= 15 is 0 Å². The maximum absolute atomic E-state index is 12.8. The summed E-state index contributed by atoms with van der Waals surface area (Å²) in [4.78, 5) is 64.2. The van der Waals surface area contributed by atoms with E-state index in [9.17, 15) is 24.0 Å². The minimum atomic E-state index is -2.43. The summed E-state index contributed by atoms with van der Waals surface area (Å²) in [5.41, 5.74) is -0.882. The van der Waals surface area contributed by atoms with Gasteiger partial charge in [0.25, 0.3) is 3.79 Å². The number of aromatic nitrogens is 2. The lowest BCUT2D eigenvalue weighted by Gasteiger charge is -2.44. The molecule has 1 aliphatic rings. The summed E-state index contributed by atoms with van der Waals surface area (Å²) in [6.45, 7) is 4.44. The molecule has 36 heavy (non-hydrogen) atoms. The Balaban J connectivity index is 2.58. The fourth-order valence-corrected chi connectivity index (χ4v) is 3.45. The highest BCUT2D eigenvalue weighted by molar-refractivity contribution is 6.75. The van der Waals surface area contributed by atoms with Gasteiger partial charge in [-0.1, -0.05) is 34.8 Å². The molecule has 0 radical (unpaired) electrons. The lowest BCUT2D eigenvalue weighted by atomic mass is 9.97. The maximum Gasteiger partial charge on any atom is 0.358 e. The zero-order valence-electron chi connectivity index (χ0n) is 19.5. The van der Waals surface area contributed by atoms with E-state index in [1.807, 2.05) is 0 Å². The smallest absolute Gasteiger partial charge is 0.358 e. The number of rotatable bonds is 8. The van der Waals surface area contributed by atoms with Crippen LogP contribution in [0.15, 0.2) is 17.1 Å². The van der Waals surface area contributed by atoms with Crippen LogP contribution in [0.2, 0.25) is 0 Å². The van der Waals surface area contributed by atoms with E-state index in [-0.39, 0.29) is 12.5 Å². The Morgan fingerprint density at radius 1 is 1.00 bits per heavy atom. The molecule has 5 atom stereocenters. The van der Waals surface area contributed by atoms with Crippen molar-refractivity contribution in [1.29, 1.82) is 0 Å². The van der Waals surface area contributed by atoms with Gasteiger partial charge in [-0.2, -0.15) is 4.98 Å². The summed E-state index contributed by atoms with van der Waals surface area (Å²) in [5, 5.41) is 0. The Morgan fingerprint density at radius 2 is 1.56 bits per heavy atom. The Morgan fingerprint density at radius 3 is 2.06 bits per heavy atom. The van der Waals surface area contributed by atoms with Crippen LogP contribution in [0.25, 0.3) is 0 Å². The quantitative estimate of drug-likeness (QED) is 0.249. The van der Waals surface area contributed by atoms with Crippen molar-refractivity contribution in [3.63, 3.8) is 0 Å². The molecule has 0 spiro atoms. The second-order valence-corrected chi connectivity index (χ2v) is 9.55. The number of ether oxygens (including phenoxy) is 6. The van der Waals surface area contributed by atoms with E-state index in [0.717, 1.165) is 25.3 Å². The number of halogens is 3. The Bertz CT molecular complexity index is 1040. The van der Waals surface area contributed by atoms with Gasteiger partial charge in [0.15, 0.2) is 24.5 Å². The summed E-state index contributed by atoms with van der Waals surface area (Å²) in [7, 11) is 0. The molecule has 0 amide bonds. The molecule has 0 N–H and O–H groups in total. The molecule has 13 nitrogen and oxygen atoms in total. The molecule has 16 heteroatoms. The predicted molar refractivity (Wildman–Crippen MR) is 121 cm³/mol. The Labute approximate surface area is 219 Å². The molecule has 0 bridgehead atoms. The average Bonchev–Trinajstić information content (AvgIpc) is 2.74. The van der Waals surface area contributed by atoms with Crippen LogP contribution in [0.1, 0.15) is 33.9 Å². The molecule has 1 saturated heterocycles. The maximum atomic E-state index is 12.8. The summed E-state index contributed by atoms with van der Waals surface area (Å²) in [5.74, 6) is -3.77. The summed E-state index contributed by atoms with van der Waals surface area (Å²) in [6, 6.07) is 1.34. The number of carbonyl (C=O) groups excluding carboxylic acids is 4. The highest BCUT2D eigenvalue weighted by Crippen LogP contribution is 2.35. The van der Waals surface area contributed by atoms with Crippen LogP contribution in [0, 0.1) is 0 Å². The average molecular weight is 574 g/mol. The molecule has 5 unspecified atom stereocenters. The topological polar surface area (TPSA) is 159 Å². The van der Waals surface area contributed by atoms with Gasteiger partial charge in [-0.25, -0.2) is 9.59 Å². The zero-order valence-corrected chi connectivity index (χ0v) is 21.7. The lowest BCUT2D eigenvalue weighted by Crippen LogP contribution is -2.61.